The number of sulfonamides is 1. The van der Waals surface area contributed by atoms with Gasteiger partial charge < -0.3 is 14.3 Å². The summed E-state index contributed by atoms with van der Waals surface area (Å²) in [5.41, 5.74) is 4.64. The van der Waals surface area contributed by atoms with E-state index in [9.17, 15) is 18.3 Å². The van der Waals surface area contributed by atoms with Crippen LogP contribution in [0.1, 0.15) is 58.6 Å². The zero-order valence-corrected chi connectivity index (χ0v) is 21.3. The average Bonchev–Trinajstić information content (AvgIpc) is 3.44. The molecule has 0 bridgehead atoms. The maximum atomic E-state index is 13.7. The SMILES string of the molecule is Cc1ccc(S(=O)(=O)N(CC(C)C)c2cc3c(cc2OCc2ccc(C(=O)O)cc2C)CCC3)o1.[NaH]. The first-order chi connectivity index (χ1) is 16.6. The van der Waals surface area contributed by atoms with Crippen LogP contribution in [0.4, 0.5) is 5.69 Å². The molecule has 7 nitrogen and oxygen atoms in total. The number of carboxylic acids is 1. The number of hydrogen-bond donors (Lipinski definition) is 1. The summed E-state index contributed by atoms with van der Waals surface area (Å²) in [4.78, 5) is 11.3. The van der Waals surface area contributed by atoms with E-state index in [1.54, 1.807) is 31.2 Å². The predicted molar refractivity (Wildman–Crippen MR) is 141 cm³/mol. The number of carboxylic acid groups (broad SMARTS) is 1. The molecule has 0 atom stereocenters. The third-order valence-electron chi connectivity index (χ3n) is 6.21. The van der Waals surface area contributed by atoms with Crippen LogP contribution >= 0.6 is 0 Å². The summed E-state index contributed by atoms with van der Waals surface area (Å²) in [6.07, 6.45) is 2.84. The number of benzene rings is 2. The van der Waals surface area contributed by atoms with Crippen molar-refractivity contribution in [2.75, 3.05) is 10.8 Å². The van der Waals surface area contributed by atoms with E-state index in [4.69, 9.17) is 9.15 Å². The van der Waals surface area contributed by atoms with Crippen LogP contribution in [0, 0.1) is 19.8 Å². The van der Waals surface area contributed by atoms with Gasteiger partial charge in [0.1, 0.15) is 18.1 Å². The molecule has 1 aliphatic carbocycles. The number of hydrogen-bond acceptors (Lipinski definition) is 5. The monoisotopic (exact) mass is 521 g/mol. The molecule has 4 rings (SSSR count). The van der Waals surface area contributed by atoms with Gasteiger partial charge >= 0.3 is 35.5 Å². The first-order valence-electron chi connectivity index (χ1n) is 11.8. The van der Waals surface area contributed by atoms with Gasteiger partial charge in [-0.3, -0.25) is 4.31 Å². The van der Waals surface area contributed by atoms with Crippen LogP contribution in [0.3, 0.4) is 0 Å². The van der Waals surface area contributed by atoms with Crippen molar-refractivity contribution in [2.45, 2.75) is 58.7 Å². The van der Waals surface area contributed by atoms with Crippen molar-refractivity contribution in [1.29, 1.82) is 0 Å². The van der Waals surface area contributed by atoms with Gasteiger partial charge in [0.2, 0.25) is 5.09 Å². The van der Waals surface area contributed by atoms with E-state index < -0.39 is 16.0 Å². The first-order valence-corrected chi connectivity index (χ1v) is 13.2. The third-order valence-corrected chi connectivity index (χ3v) is 7.86. The molecule has 3 aromatic rings. The summed E-state index contributed by atoms with van der Waals surface area (Å²) >= 11 is 0. The summed E-state index contributed by atoms with van der Waals surface area (Å²) in [6.45, 7) is 7.95. The van der Waals surface area contributed by atoms with Crippen LogP contribution in [0.2, 0.25) is 0 Å². The molecule has 36 heavy (non-hydrogen) atoms. The fourth-order valence-corrected chi connectivity index (χ4v) is 5.95. The summed E-state index contributed by atoms with van der Waals surface area (Å²) in [5, 5.41) is 9.14. The van der Waals surface area contributed by atoms with Crippen LogP contribution in [-0.4, -0.2) is 55.6 Å². The van der Waals surface area contributed by atoms with E-state index in [1.807, 2.05) is 32.9 Å². The van der Waals surface area contributed by atoms with Gasteiger partial charge in [-0.1, -0.05) is 19.9 Å². The van der Waals surface area contributed by atoms with Gasteiger partial charge in [-0.05, 0) is 97.7 Å². The fourth-order valence-electron chi connectivity index (χ4n) is 4.36. The Kier molecular flexibility index (Phi) is 8.98. The molecule has 2 aromatic carbocycles. The first kappa shape index (κ1) is 28.3. The van der Waals surface area contributed by atoms with Crippen molar-refractivity contribution < 1.29 is 27.5 Å². The Morgan fingerprint density at radius 3 is 2.36 bits per heavy atom. The Bertz CT molecular complexity index is 1360. The van der Waals surface area contributed by atoms with Crippen molar-refractivity contribution in [3.05, 3.63) is 76.0 Å². The quantitative estimate of drug-likeness (QED) is 0.404. The van der Waals surface area contributed by atoms with Crippen molar-refractivity contribution >= 4 is 51.2 Å². The van der Waals surface area contributed by atoms with Gasteiger partial charge in [0.15, 0.2) is 0 Å². The van der Waals surface area contributed by atoms with Crippen LogP contribution in [0.25, 0.3) is 0 Å². The number of rotatable bonds is 9. The molecule has 1 heterocycles. The minimum absolute atomic E-state index is 0. The van der Waals surface area contributed by atoms with Gasteiger partial charge in [-0.15, -0.1) is 0 Å². The average molecular weight is 522 g/mol. The van der Waals surface area contributed by atoms with E-state index >= 15 is 0 Å². The predicted octanol–water partition coefficient (Wildman–Crippen LogP) is 4.87. The molecule has 0 saturated heterocycles. The van der Waals surface area contributed by atoms with Crippen molar-refractivity contribution in [3.63, 3.8) is 0 Å². The Hall–Kier alpha value is -2.26. The molecular weight excluding hydrogens is 489 g/mol. The molecule has 188 valence electrons. The number of fused-ring (bicyclic) bond motifs is 1. The molecule has 0 unspecified atom stereocenters. The topological polar surface area (TPSA) is 97.0 Å². The summed E-state index contributed by atoms with van der Waals surface area (Å²) in [6, 6.07) is 11.9. The Labute approximate surface area is 234 Å². The Balaban J connectivity index is 0.00000361. The van der Waals surface area contributed by atoms with E-state index in [-0.39, 0.29) is 59.3 Å². The molecule has 0 fully saturated rings. The van der Waals surface area contributed by atoms with E-state index in [0.717, 1.165) is 41.5 Å². The van der Waals surface area contributed by atoms with Crippen molar-refractivity contribution in [3.8, 4) is 5.75 Å². The zero-order valence-electron chi connectivity index (χ0n) is 20.5. The van der Waals surface area contributed by atoms with Gasteiger partial charge in [0.05, 0.1) is 11.3 Å². The Morgan fingerprint density at radius 1 is 1.08 bits per heavy atom. The second-order valence-electron chi connectivity index (χ2n) is 9.47. The standard InChI is InChI=1S/C27H31NO6S.Na.H/c1-17(2)15-28(35(31,32)26-11-8-19(4)34-26)24-13-20-6-5-7-21(20)14-25(24)33-16-23-10-9-22(27(29)30)12-18(23)3;;/h8-14,17H,5-7,15-16H2,1-4H3,(H,29,30);;. The number of anilines is 1. The molecule has 9 heteroatoms. The number of nitrogens with zero attached hydrogens (tertiary/aromatic N) is 1. The summed E-state index contributed by atoms with van der Waals surface area (Å²) in [5.74, 6) is 0.0931. The van der Waals surface area contributed by atoms with E-state index in [1.165, 1.54) is 10.4 Å². The number of carbonyl (C=O) groups is 1. The minimum atomic E-state index is -3.95. The second kappa shape index (κ2) is 11.4. The molecule has 1 N–H and O–H groups in total. The number of aromatic carboxylic acids is 1. The zero-order chi connectivity index (χ0) is 25.3. The molecule has 0 spiro atoms. The number of furan rings is 1. The summed E-state index contributed by atoms with van der Waals surface area (Å²) in [7, 11) is -3.95. The van der Waals surface area contributed by atoms with Crippen LogP contribution in [0.15, 0.2) is 52.0 Å². The van der Waals surface area contributed by atoms with Gasteiger partial charge in [-0.25, -0.2) is 4.79 Å². The number of ether oxygens (including phenoxy) is 1. The number of aryl methyl sites for hydroxylation is 4. The Morgan fingerprint density at radius 2 is 1.78 bits per heavy atom. The maximum absolute atomic E-state index is 13.7. The molecular formula is C27H32NNaO6S. The fraction of sp³-hybridized carbons (Fsp3) is 0.370. The summed E-state index contributed by atoms with van der Waals surface area (Å²) < 4.78 is 40.5. The van der Waals surface area contributed by atoms with E-state index in [0.29, 0.717) is 17.2 Å². The van der Waals surface area contributed by atoms with E-state index in [2.05, 4.69) is 0 Å². The van der Waals surface area contributed by atoms with Crippen LogP contribution in [-0.2, 0) is 29.5 Å². The van der Waals surface area contributed by atoms with Crippen molar-refractivity contribution in [1.82, 2.24) is 0 Å². The van der Waals surface area contributed by atoms with Crippen LogP contribution < -0.4 is 9.04 Å². The van der Waals surface area contributed by atoms with Crippen molar-refractivity contribution in [2.24, 2.45) is 5.92 Å². The normalized spacial score (nSPS) is 12.8. The third kappa shape index (κ3) is 5.99. The molecule has 0 amide bonds. The molecule has 0 aliphatic heterocycles. The van der Waals surface area contributed by atoms with Gasteiger partial charge in [0, 0.05) is 6.54 Å². The molecule has 0 saturated carbocycles. The molecule has 0 radical (unpaired) electrons. The second-order valence-corrected chi connectivity index (χ2v) is 11.3. The van der Waals surface area contributed by atoms with Gasteiger partial charge in [0.25, 0.3) is 10.0 Å². The van der Waals surface area contributed by atoms with Gasteiger partial charge in [-0.2, -0.15) is 8.42 Å². The molecule has 1 aliphatic rings. The van der Waals surface area contributed by atoms with Crippen LogP contribution in [0.5, 0.6) is 5.75 Å². The molecule has 1 aromatic heterocycles.